The number of piperazine rings is 1. The van der Waals surface area contributed by atoms with Crippen LogP contribution in [-0.2, 0) is 15.8 Å². The lowest BCUT2D eigenvalue weighted by Crippen LogP contribution is -2.46. The number of hydrogen-bond donors (Lipinski definition) is 2. The van der Waals surface area contributed by atoms with Gasteiger partial charge in [0.15, 0.2) is 5.82 Å². The quantitative estimate of drug-likeness (QED) is 0.274. The van der Waals surface area contributed by atoms with Gasteiger partial charge in [-0.2, -0.15) is 13.2 Å². The van der Waals surface area contributed by atoms with Gasteiger partial charge in [0.2, 0.25) is 5.91 Å². The van der Waals surface area contributed by atoms with Gasteiger partial charge in [-0.15, -0.1) is 0 Å². The number of amides is 1. The fourth-order valence-corrected chi connectivity index (χ4v) is 5.57. The summed E-state index contributed by atoms with van der Waals surface area (Å²) in [5.41, 5.74) is 1.43. The van der Waals surface area contributed by atoms with Crippen molar-refractivity contribution in [1.82, 2.24) is 14.9 Å². The van der Waals surface area contributed by atoms with Crippen LogP contribution in [0.25, 0.3) is 0 Å². The molecule has 5 rings (SSSR count). The van der Waals surface area contributed by atoms with E-state index in [-0.39, 0.29) is 17.5 Å². The van der Waals surface area contributed by atoms with Gasteiger partial charge in [-0.05, 0) is 42.4 Å². The molecule has 0 spiro atoms. The molecule has 234 valence electrons. The number of aromatic nitrogens is 2. The lowest BCUT2D eigenvalue weighted by Gasteiger charge is -2.36. The monoisotopic (exact) mass is 631 g/mol. The SMILES string of the molecule is C=CC(=O)Nc1cc(Nc2cc(N3OCCC3c3cc(Cl)cc(C(F)(F)F)c3)ncn2)c(OC)cc1N1CCN(CC)CC1. The topological polar surface area (TPSA) is 95.1 Å². The molecule has 0 radical (unpaired) electrons. The highest BCUT2D eigenvalue weighted by Gasteiger charge is 2.35. The van der Waals surface area contributed by atoms with Crippen LogP contribution in [-0.4, -0.2) is 67.2 Å². The van der Waals surface area contributed by atoms with E-state index in [1.54, 1.807) is 19.2 Å². The van der Waals surface area contributed by atoms with Gasteiger partial charge in [0, 0.05) is 49.8 Å². The summed E-state index contributed by atoms with van der Waals surface area (Å²) in [4.78, 5) is 31.4. The standard InChI is InChI=1S/C30H33ClF3N7O3/c1-4-29(42)38-22-15-23(26(43-3)16-25(22)40-9-7-39(5-2)8-10-40)37-27-17-28(36-18-35-27)41-24(6-11-44-41)19-12-20(30(32,33)34)14-21(31)13-19/h4,12-18,24H,1,5-11H2,2-3H3,(H,38,42)(H,35,36,37). The molecule has 2 saturated heterocycles. The predicted octanol–water partition coefficient (Wildman–Crippen LogP) is 6.05. The van der Waals surface area contributed by atoms with Gasteiger partial charge in [-0.3, -0.25) is 9.63 Å². The van der Waals surface area contributed by atoms with Crippen LogP contribution in [0.15, 0.2) is 55.4 Å². The van der Waals surface area contributed by atoms with E-state index in [1.807, 2.05) is 6.07 Å². The van der Waals surface area contributed by atoms with Crippen molar-refractivity contribution < 1.29 is 27.5 Å². The van der Waals surface area contributed by atoms with Gasteiger partial charge < -0.3 is 25.2 Å². The number of methoxy groups -OCH3 is 1. The van der Waals surface area contributed by atoms with Crippen molar-refractivity contribution >= 4 is 46.2 Å². The molecule has 44 heavy (non-hydrogen) atoms. The molecule has 1 amide bonds. The number of anilines is 5. The van der Waals surface area contributed by atoms with Gasteiger partial charge >= 0.3 is 6.18 Å². The van der Waals surface area contributed by atoms with Gasteiger partial charge in [0.1, 0.15) is 17.9 Å². The second kappa shape index (κ2) is 13.3. The minimum absolute atomic E-state index is 0.0196. The molecule has 1 unspecified atom stereocenters. The van der Waals surface area contributed by atoms with Crippen molar-refractivity contribution in [2.75, 3.05) is 67.0 Å². The Morgan fingerprint density at radius 3 is 2.59 bits per heavy atom. The zero-order valence-electron chi connectivity index (χ0n) is 24.3. The van der Waals surface area contributed by atoms with Gasteiger partial charge in [0.05, 0.1) is 42.4 Å². The first-order valence-electron chi connectivity index (χ1n) is 14.1. The molecular weight excluding hydrogens is 599 g/mol. The molecule has 10 nitrogen and oxygen atoms in total. The summed E-state index contributed by atoms with van der Waals surface area (Å²) >= 11 is 6.06. The van der Waals surface area contributed by atoms with E-state index in [0.29, 0.717) is 40.7 Å². The van der Waals surface area contributed by atoms with E-state index in [4.69, 9.17) is 21.2 Å². The third-order valence-electron chi connectivity index (χ3n) is 7.60. The van der Waals surface area contributed by atoms with E-state index in [2.05, 4.69) is 43.9 Å². The van der Waals surface area contributed by atoms with Gasteiger partial charge in [-0.25, -0.2) is 15.0 Å². The first kappa shape index (κ1) is 31.4. The molecule has 2 aliphatic heterocycles. The molecule has 2 fully saturated rings. The average molecular weight is 632 g/mol. The zero-order valence-corrected chi connectivity index (χ0v) is 25.1. The first-order chi connectivity index (χ1) is 21.1. The number of halogens is 4. The normalized spacial score (nSPS) is 17.5. The number of hydroxylamine groups is 1. The van der Waals surface area contributed by atoms with E-state index in [9.17, 15) is 18.0 Å². The van der Waals surface area contributed by atoms with Gasteiger partial charge in [-0.1, -0.05) is 25.1 Å². The van der Waals surface area contributed by atoms with Crippen molar-refractivity contribution in [2.24, 2.45) is 0 Å². The van der Waals surface area contributed by atoms with Crippen LogP contribution in [0.4, 0.5) is 41.9 Å². The molecule has 2 N–H and O–H groups in total. The summed E-state index contributed by atoms with van der Waals surface area (Å²) in [5.74, 6) is 0.868. The van der Waals surface area contributed by atoms with Crippen LogP contribution in [0, 0.1) is 0 Å². The molecule has 0 bridgehead atoms. The molecule has 0 saturated carbocycles. The van der Waals surface area contributed by atoms with Crippen LogP contribution in [0.2, 0.25) is 5.02 Å². The number of nitrogens with one attached hydrogen (secondary N) is 2. The number of carbonyl (C=O) groups is 1. The Morgan fingerprint density at radius 2 is 1.91 bits per heavy atom. The maximum absolute atomic E-state index is 13.5. The summed E-state index contributed by atoms with van der Waals surface area (Å²) in [5, 5.41) is 7.57. The molecule has 1 atom stereocenters. The molecule has 3 heterocycles. The van der Waals surface area contributed by atoms with E-state index >= 15 is 0 Å². The Hall–Kier alpha value is -4.07. The number of ether oxygens (including phenoxy) is 1. The van der Waals surface area contributed by atoms with Crippen molar-refractivity contribution in [3.8, 4) is 5.75 Å². The lowest BCUT2D eigenvalue weighted by molar-refractivity contribution is -0.137. The second-order valence-corrected chi connectivity index (χ2v) is 10.7. The fourth-order valence-electron chi connectivity index (χ4n) is 5.33. The van der Waals surface area contributed by atoms with E-state index in [0.717, 1.165) is 50.5 Å². The van der Waals surface area contributed by atoms with Crippen LogP contribution in [0.5, 0.6) is 5.75 Å². The van der Waals surface area contributed by atoms with Crippen molar-refractivity contribution in [3.63, 3.8) is 0 Å². The Morgan fingerprint density at radius 1 is 1.14 bits per heavy atom. The highest BCUT2D eigenvalue weighted by atomic mass is 35.5. The largest absolute Gasteiger partial charge is 0.494 e. The number of likely N-dealkylation sites (N-methyl/N-ethyl adjacent to an activating group) is 1. The molecule has 0 aliphatic carbocycles. The molecule has 14 heteroatoms. The summed E-state index contributed by atoms with van der Waals surface area (Å²) in [6.45, 7) is 10.3. The number of carbonyl (C=O) groups excluding carboxylic acids is 1. The lowest BCUT2D eigenvalue weighted by atomic mass is 10.0. The molecule has 3 aromatic rings. The third-order valence-corrected chi connectivity index (χ3v) is 7.82. The highest BCUT2D eigenvalue weighted by molar-refractivity contribution is 6.30. The molecule has 2 aromatic carbocycles. The number of alkyl halides is 3. The van der Waals surface area contributed by atoms with Crippen LogP contribution in [0.3, 0.4) is 0 Å². The van der Waals surface area contributed by atoms with Crippen molar-refractivity contribution in [1.29, 1.82) is 0 Å². The highest BCUT2D eigenvalue weighted by Crippen LogP contribution is 2.41. The minimum atomic E-state index is -4.54. The second-order valence-electron chi connectivity index (χ2n) is 10.3. The predicted molar refractivity (Wildman–Crippen MR) is 164 cm³/mol. The Balaban J connectivity index is 1.44. The average Bonchev–Trinajstić information content (AvgIpc) is 3.51. The summed E-state index contributed by atoms with van der Waals surface area (Å²) < 4.78 is 46.2. The fraction of sp³-hybridized carbons (Fsp3) is 0.367. The molecular formula is C30H33ClF3N7O3. The minimum Gasteiger partial charge on any atom is -0.494 e. The zero-order chi connectivity index (χ0) is 31.4. The number of benzene rings is 2. The summed E-state index contributed by atoms with van der Waals surface area (Å²) in [7, 11) is 1.55. The van der Waals surface area contributed by atoms with Crippen LogP contribution >= 0.6 is 11.6 Å². The number of hydrogen-bond acceptors (Lipinski definition) is 9. The van der Waals surface area contributed by atoms with Gasteiger partial charge in [0.25, 0.3) is 0 Å². The Kier molecular flexibility index (Phi) is 9.47. The van der Waals surface area contributed by atoms with Crippen molar-refractivity contribution in [3.05, 3.63) is 71.5 Å². The number of rotatable bonds is 9. The molecule has 2 aliphatic rings. The maximum atomic E-state index is 13.5. The summed E-state index contributed by atoms with van der Waals surface area (Å²) in [6, 6.07) is 8.16. The maximum Gasteiger partial charge on any atom is 0.416 e. The Bertz CT molecular complexity index is 1520. The third kappa shape index (κ3) is 7.01. The van der Waals surface area contributed by atoms with Crippen LogP contribution in [0.1, 0.15) is 30.5 Å². The van der Waals surface area contributed by atoms with Crippen molar-refractivity contribution in [2.45, 2.75) is 25.6 Å². The first-order valence-corrected chi connectivity index (χ1v) is 14.5. The molecule has 1 aromatic heterocycles. The Labute approximate surface area is 258 Å². The summed E-state index contributed by atoms with van der Waals surface area (Å²) in [6.07, 6.45) is -1.59. The number of nitrogens with zero attached hydrogens (tertiary/aromatic N) is 5. The van der Waals surface area contributed by atoms with E-state index < -0.39 is 17.8 Å². The smallest absolute Gasteiger partial charge is 0.416 e. The van der Waals surface area contributed by atoms with Crippen LogP contribution < -0.4 is 25.3 Å². The van der Waals surface area contributed by atoms with E-state index in [1.165, 1.54) is 23.5 Å².